The van der Waals surface area contributed by atoms with Crippen LogP contribution in [0, 0.1) is 12.3 Å². The lowest BCUT2D eigenvalue weighted by atomic mass is 9.79. The Morgan fingerprint density at radius 1 is 1.26 bits per heavy atom. The van der Waals surface area contributed by atoms with E-state index in [4.69, 9.17) is 0 Å². The van der Waals surface area contributed by atoms with Crippen LogP contribution in [-0.2, 0) is 0 Å². The molecule has 0 spiro atoms. The van der Waals surface area contributed by atoms with Gasteiger partial charge < -0.3 is 15.7 Å². The molecule has 130 valence electrons. The van der Waals surface area contributed by atoms with Crippen LogP contribution in [0.5, 0.6) is 0 Å². The normalized spacial score (nSPS) is 11.6. The fraction of sp³-hybridized carbons (Fsp3) is 0.632. The number of hydrogen-bond donors (Lipinski definition) is 3. The summed E-state index contributed by atoms with van der Waals surface area (Å²) in [4.78, 5) is 12.3. The van der Waals surface area contributed by atoms with E-state index in [1.54, 1.807) is 0 Å². The molecule has 23 heavy (non-hydrogen) atoms. The van der Waals surface area contributed by atoms with Gasteiger partial charge in [0.15, 0.2) is 0 Å². The van der Waals surface area contributed by atoms with Crippen LogP contribution in [-0.4, -0.2) is 24.3 Å². The Morgan fingerprint density at radius 3 is 2.43 bits per heavy atom. The molecule has 0 fully saturated rings. The second-order valence-corrected chi connectivity index (χ2v) is 6.68. The summed E-state index contributed by atoms with van der Waals surface area (Å²) in [7, 11) is 0. The van der Waals surface area contributed by atoms with Crippen molar-refractivity contribution in [1.82, 2.24) is 5.32 Å². The summed E-state index contributed by atoms with van der Waals surface area (Å²) >= 11 is 0. The zero-order chi connectivity index (χ0) is 17.5. The monoisotopic (exact) mass is 320 g/mol. The van der Waals surface area contributed by atoms with E-state index in [1.807, 2.05) is 19.1 Å². The van der Waals surface area contributed by atoms with Crippen molar-refractivity contribution in [3.63, 3.8) is 0 Å². The lowest BCUT2D eigenvalue weighted by molar-refractivity contribution is 0.165. The fourth-order valence-corrected chi connectivity index (χ4v) is 2.95. The van der Waals surface area contributed by atoms with E-state index in [9.17, 15) is 9.90 Å². The Balaban J connectivity index is 2.78. The fourth-order valence-electron chi connectivity index (χ4n) is 2.95. The average Bonchev–Trinajstić information content (AvgIpc) is 2.53. The number of carbonyl (C=O) groups is 1. The van der Waals surface area contributed by atoms with Gasteiger partial charge in [-0.3, -0.25) is 0 Å². The van der Waals surface area contributed by atoms with Gasteiger partial charge in [-0.15, -0.1) is 0 Å². The average molecular weight is 320 g/mol. The van der Waals surface area contributed by atoms with Gasteiger partial charge in [0.05, 0.1) is 0 Å². The van der Waals surface area contributed by atoms with Crippen molar-refractivity contribution in [2.75, 3.05) is 18.5 Å². The maximum atomic E-state index is 12.3. The van der Waals surface area contributed by atoms with Crippen LogP contribution in [0.3, 0.4) is 0 Å². The molecule has 4 nitrogen and oxygen atoms in total. The molecular formula is C19H32N2O2. The van der Waals surface area contributed by atoms with Gasteiger partial charge in [0, 0.05) is 18.8 Å². The molecule has 0 unspecified atom stereocenters. The van der Waals surface area contributed by atoms with E-state index in [-0.39, 0.29) is 18.1 Å². The minimum atomic E-state index is -0.176. The van der Waals surface area contributed by atoms with Crippen LogP contribution in [0.2, 0.25) is 0 Å². The van der Waals surface area contributed by atoms with Gasteiger partial charge in [-0.1, -0.05) is 45.9 Å². The molecule has 3 N–H and O–H groups in total. The highest BCUT2D eigenvalue weighted by Crippen LogP contribution is 2.30. The Kier molecular flexibility index (Phi) is 7.56. The number of anilines is 1. The topological polar surface area (TPSA) is 61.4 Å². The molecule has 1 aromatic carbocycles. The molecule has 0 aliphatic carbocycles. The van der Waals surface area contributed by atoms with Crippen LogP contribution in [0.15, 0.2) is 18.2 Å². The summed E-state index contributed by atoms with van der Waals surface area (Å²) in [5.74, 6) is 0.352. The summed E-state index contributed by atoms with van der Waals surface area (Å²) in [6, 6.07) is 5.91. The summed E-state index contributed by atoms with van der Waals surface area (Å²) in [5, 5.41) is 15.3. The lowest BCUT2D eigenvalue weighted by Gasteiger charge is -2.31. The minimum absolute atomic E-state index is 0.0291. The Bertz CT molecular complexity index is 508. The molecule has 2 amide bonds. The largest absolute Gasteiger partial charge is 0.396 e. The molecule has 0 atom stereocenters. The van der Waals surface area contributed by atoms with Crippen LogP contribution in [0.4, 0.5) is 10.5 Å². The second-order valence-electron chi connectivity index (χ2n) is 6.68. The van der Waals surface area contributed by atoms with Gasteiger partial charge in [0.25, 0.3) is 0 Å². The first kappa shape index (κ1) is 19.5. The van der Waals surface area contributed by atoms with E-state index >= 15 is 0 Å². The molecule has 0 aromatic heterocycles. The third kappa shape index (κ3) is 5.24. The maximum Gasteiger partial charge on any atom is 0.319 e. The third-order valence-electron chi connectivity index (χ3n) is 4.93. The lowest BCUT2D eigenvalue weighted by Crippen LogP contribution is -2.40. The highest BCUT2D eigenvalue weighted by atomic mass is 16.3. The maximum absolute atomic E-state index is 12.3. The summed E-state index contributed by atoms with van der Waals surface area (Å²) in [6.45, 7) is 11.2. The van der Waals surface area contributed by atoms with E-state index in [0.29, 0.717) is 18.9 Å². The Hall–Kier alpha value is -1.55. The number of urea groups is 1. The number of carbonyl (C=O) groups excluding carboxylic acids is 1. The summed E-state index contributed by atoms with van der Waals surface area (Å²) in [5.41, 5.74) is 3.09. The number of amides is 2. The summed E-state index contributed by atoms with van der Waals surface area (Å²) in [6.07, 6.45) is 2.58. The Morgan fingerprint density at radius 2 is 1.91 bits per heavy atom. The molecular weight excluding hydrogens is 288 g/mol. The molecule has 0 radical (unpaired) electrons. The molecule has 4 heteroatoms. The smallest absolute Gasteiger partial charge is 0.319 e. The molecule has 0 saturated heterocycles. The highest BCUT2D eigenvalue weighted by Gasteiger charge is 2.26. The minimum Gasteiger partial charge on any atom is -0.396 e. The van der Waals surface area contributed by atoms with Gasteiger partial charge in [-0.25, -0.2) is 4.79 Å². The van der Waals surface area contributed by atoms with Crippen LogP contribution < -0.4 is 10.6 Å². The standard InChI is InChI=1S/C19H32N2O2/c1-6-19(7-2,11-12-22)13-20-18(23)21-17-15(5)9-8-10-16(17)14(3)4/h8-10,14,22H,6-7,11-13H2,1-5H3,(H2,20,21,23). The van der Waals surface area contributed by atoms with Gasteiger partial charge in [0.2, 0.25) is 0 Å². The SMILES string of the molecule is CCC(CC)(CCO)CNC(=O)Nc1c(C)cccc1C(C)C. The van der Waals surface area contributed by atoms with Gasteiger partial charge in [-0.2, -0.15) is 0 Å². The van der Waals surface area contributed by atoms with Crippen LogP contribution in [0.25, 0.3) is 0 Å². The van der Waals surface area contributed by atoms with Gasteiger partial charge >= 0.3 is 6.03 Å². The van der Waals surface area contributed by atoms with Crippen molar-refractivity contribution in [2.45, 2.75) is 59.8 Å². The van der Waals surface area contributed by atoms with E-state index in [1.165, 1.54) is 0 Å². The molecule has 0 aliphatic heterocycles. The molecule has 0 saturated carbocycles. The number of rotatable bonds is 8. The molecule has 0 heterocycles. The number of aliphatic hydroxyl groups excluding tert-OH is 1. The van der Waals surface area contributed by atoms with Crippen molar-refractivity contribution >= 4 is 11.7 Å². The van der Waals surface area contributed by atoms with Crippen molar-refractivity contribution in [1.29, 1.82) is 0 Å². The predicted octanol–water partition coefficient (Wildman–Crippen LogP) is 4.43. The second kappa shape index (κ2) is 8.92. The predicted molar refractivity (Wildman–Crippen MR) is 97.0 cm³/mol. The number of aliphatic hydroxyl groups is 1. The van der Waals surface area contributed by atoms with Crippen molar-refractivity contribution < 1.29 is 9.90 Å². The Labute approximate surface area is 140 Å². The van der Waals surface area contributed by atoms with Gasteiger partial charge in [-0.05, 0) is 48.6 Å². The zero-order valence-corrected chi connectivity index (χ0v) is 15.2. The quantitative estimate of drug-likeness (QED) is 0.663. The molecule has 1 aromatic rings. The van der Waals surface area contributed by atoms with E-state index in [2.05, 4.69) is 44.4 Å². The third-order valence-corrected chi connectivity index (χ3v) is 4.93. The number of para-hydroxylation sites is 1. The first-order chi connectivity index (χ1) is 10.9. The van der Waals surface area contributed by atoms with Crippen LogP contribution in [0.1, 0.15) is 64.0 Å². The highest BCUT2D eigenvalue weighted by molar-refractivity contribution is 5.91. The zero-order valence-electron chi connectivity index (χ0n) is 15.2. The number of nitrogens with one attached hydrogen (secondary N) is 2. The van der Waals surface area contributed by atoms with Crippen molar-refractivity contribution in [2.24, 2.45) is 5.41 Å². The molecule has 0 aliphatic rings. The van der Waals surface area contributed by atoms with Crippen LogP contribution >= 0.6 is 0 Å². The summed E-state index contributed by atoms with van der Waals surface area (Å²) < 4.78 is 0. The first-order valence-corrected chi connectivity index (χ1v) is 8.64. The van der Waals surface area contributed by atoms with E-state index in [0.717, 1.165) is 29.7 Å². The van der Waals surface area contributed by atoms with Gasteiger partial charge in [0.1, 0.15) is 0 Å². The number of hydrogen-bond acceptors (Lipinski definition) is 2. The first-order valence-electron chi connectivity index (χ1n) is 8.64. The van der Waals surface area contributed by atoms with E-state index < -0.39 is 0 Å². The van der Waals surface area contributed by atoms with Crippen molar-refractivity contribution in [3.05, 3.63) is 29.3 Å². The molecule has 1 rings (SSSR count). The van der Waals surface area contributed by atoms with Crippen molar-refractivity contribution in [3.8, 4) is 0 Å². The molecule has 0 bridgehead atoms. The number of benzene rings is 1. The number of aryl methyl sites for hydroxylation is 1.